The third kappa shape index (κ3) is 2.75. The zero-order valence-corrected chi connectivity index (χ0v) is 15.5. The number of aryl methyl sites for hydroxylation is 1. The number of aliphatic hydroxyl groups is 1. The number of nitrogens with zero attached hydrogens (tertiary/aromatic N) is 2. The Balaban J connectivity index is 1.88. The minimum Gasteiger partial charge on any atom is -0.543 e. The van der Waals surface area contributed by atoms with E-state index in [4.69, 9.17) is 0 Å². The number of aromatic nitrogens is 1. The molecule has 0 spiro atoms. The van der Waals surface area contributed by atoms with Crippen molar-refractivity contribution in [2.24, 2.45) is 18.9 Å². The summed E-state index contributed by atoms with van der Waals surface area (Å²) in [6.45, 7) is 5.49. The van der Waals surface area contributed by atoms with Gasteiger partial charge in [-0.05, 0) is 13.0 Å². The number of aliphatic carboxylic acids is 1. The number of β-lactam (4-membered cyclic amide) rings is 1. The molecule has 0 aliphatic carbocycles. The van der Waals surface area contributed by atoms with Crippen LogP contribution in [0.2, 0.25) is 0 Å². The van der Waals surface area contributed by atoms with E-state index in [1.807, 2.05) is 39.1 Å². The van der Waals surface area contributed by atoms with Gasteiger partial charge in [-0.1, -0.05) is 6.92 Å². The zero-order valence-electron chi connectivity index (χ0n) is 14.7. The van der Waals surface area contributed by atoms with Crippen LogP contribution in [0.4, 0.5) is 0 Å². The zero-order chi connectivity index (χ0) is 18.5. The molecule has 25 heavy (non-hydrogen) atoms. The first-order valence-electron chi connectivity index (χ1n) is 8.29. The first kappa shape index (κ1) is 17.9. The molecular weight excluding hydrogens is 340 g/mol. The van der Waals surface area contributed by atoms with E-state index in [1.54, 1.807) is 6.92 Å². The molecule has 1 aromatic heterocycles. The largest absolute Gasteiger partial charge is 0.543 e. The number of amides is 1. The summed E-state index contributed by atoms with van der Waals surface area (Å²) in [5.74, 6) is -1.74. The van der Waals surface area contributed by atoms with Gasteiger partial charge in [-0.2, -0.15) is 0 Å². The lowest BCUT2D eigenvalue weighted by Gasteiger charge is -2.47. The van der Waals surface area contributed by atoms with E-state index in [9.17, 15) is 19.8 Å². The number of carbonyl (C=O) groups excluding carboxylic acids is 2. The number of carbonyl (C=O) groups is 2. The Kier molecular flexibility index (Phi) is 4.64. The van der Waals surface area contributed by atoms with Gasteiger partial charge in [-0.25, -0.2) is 4.57 Å². The Morgan fingerprint density at radius 2 is 2.16 bits per heavy atom. The smallest absolute Gasteiger partial charge is 0.235 e. The summed E-state index contributed by atoms with van der Waals surface area (Å²) in [4.78, 5) is 25.9. The highest BCUT2D eigenvalue weighted by Crippen LogP contribution is 2.50. The van der Waals surface area contributed by atoms with Crippen LogP contribution in [0, 0.1) is 18.8 Å². The average Bonchev–Trinajstić information content (AvgIpc) is 2.77. The van der Waals surface area contributed by atoms with Crippen LogP contribution < -0.4 is 9.67 Å². The second-order valence-corrected chi connectivity index (χ2v) is 7.78. The van der Waals surface area contributed by atoms with Gasteiger partial charge in [0.1, 0.15) is 7.05 Å². The Labute approximate surface area is 151 Å². The van der Waals surface area contributed by atoms with Gasteiger partial charge < -0.3 is 19.9 Å². The summed E-state index contributed by atoms with van der Waals surface area (Å²) in [6, 6.07) is 5.68. The molecule has 0 bridgehead atoms. The lowest BCUT2D eigenvalue weighted by atomic mass is 9.79. The summed E-state index contributed by atoms with van der Waals surface area (Å²) in [6.07, 6.45) is -0.793. The molecule has 7 heteroatoms. The van der Waals surface area contributed by atoms with Crippen molar-refractivity contribution in [3.63, 3.8) is 0 Å². The van der Waals surface area contributed by atoms with E-state index in [2.05, 4.69) is 4.57 Å². The number of rotatable bonds is 5. The first-order valence-corrected chi connectivity index (χ1v) is 9.28. The number of carboxylic acid groups (broad SMARTS) is 1. The molecule has 0 unspecified atom stereocenters. The number of thioether (sulfide) groups is 1. The molecule has 1 aromatic rings. The van der Waals surface area contributed by atoms with Crippen molar-refractivity contribution in [1.29, 1.82) is 0 Å². The molecule has 0 aromatic carbocycles. The highest BCUT2D eigenvalue weighted by Gasteiger charge is 2.58. The number of fused-ring (bicyclic) bond motifs is 1. The quantitative estimate of drug-likeness (QED) is 0.583. The Morgan fingerprint density at radius 1 is 1.48 bits per heavy atom. The molecular formula is C18H22N2O4S. The van der Waals surface area contributed by atoms with Crippen LogP contribution in [0.5, 0.6) is 0 Å². The first-order chi connectivity index (χ1) is 11.8. The highest BCUT2D eigenvalue weighted by atomic mass is 32.2. The second kappa shape index (κ2) is 6.46. The third-order valence-electron chi connectivity index (χ3n) is 5.26. The fraction of sp³-hybridized carbons (Fsp3) is 0.500. The van der Waals surface area contributed by atoms with Crippen molar-refractivity contribution in [2.45, 2.75) is 38.7 Å². The van der Waals surface area contributed by atoms with Gasteiger partial charge in [0.15, 0.2) is 11.4 Å². The van der Waals surface area contributed by atoms with Gasteiger partial charge in [0.25, 0.3) is 0 Å². The van der Waals surface area contributed by atoms with Gasteiger partial charge in [0, 0.05) is 29.9 Å². The maximum Gasteiger partial charge on any atom is 0.235 e. The van der Waals surface area contributed by atoms with Crippen molar-refractivity contribution >= 4 is 23.6 Å². The van der Waals surface area contributed by atoms with E-state index in [1.165, 1.54) is 16.7 Å². The minimum atomic E-state index is -1.33. The summed E-state index contributed by atoms with van der Waals surface area (Å²) >= 11 is 1.43. The lowest BCUT2D eigenvalue weighted by Crippen LogP contribution is -2.64. The van der Waals surface area contributed by atoms with E-state index in [0.717, 1.165) is 11.4 Å². The molecule has 1 amide bonds. The fourth-order valence-corrected chi connectivity index (χ4v) is 5.07. The number of aliphatic hydroxyl groups excluding tert-OH is 1. The highest BCUT2D eigenvalue weighted by molar-refractivity contribution is 8.02. The van der Waals surface area contributed by atoms with E-state index in [0.29, 0.717) is 10.7 Å². The van der Waals surface area contributed by atoms with Crippen LogP contribution in [-0.4, -0.2) is 34.0 Å². The predicted molar refractivity (Wildman–Crippen MR) is 90.7 cm³/mol. The van der Waals surface area contributed by atoms with Gasteiger partial charge in [0.05, 0.1) is 35.5 Å². The van der Waals surface area contributed by atoms with Crippen LogP contribution in [0.3, 0.4) is 0 Å². The molecule has 1 fully saturated rings. The summed E-state index contributed by atoms with van der Waals surface area (Å²) in [5, 5.41) is 21.5. The maximum absolute atomic E-state index is 12.3. The summed E-state index contributed by atoms with van der Waals surface area (Å²) < 4.78 is 2.06. The van der Waals surface area contributed by atoms with Gasteiger partial charge in [-0.15, -0.1) is 11.8 Å². The van der Waals surface area contributed by atoms with Crippen LogP contribution in [0.1, 0.15) is 25.2 Å². The molecule has 1 saturated heterocycles. The summed E-state index contributed by atoms with van der Waals surface area (Å²) in [7, 11) is 1.97. The molecule has 4 atom stereocenters. The molecule has 2 aliphatic heterocycles. The van der Waals surface area contributed by atoms with Crippen molar-refractivity contribution in [3.8, 4) is 0 Å². The van der Waals surface area contributed by atoms with Crippen LogP contribution >= 0.6 is 11.8 Å². The Hall–Kier alpha value is -1.86. The van der Waals surface area contributed by atoms with Crippen LogP contribution in [-0.2, 0) is 22.4 Å². The van der Waals surface area contributed by atoms with Crippen molar-refractivity contribution in [1.82, 2.24) is 4.90 Å². The molecule has 6 nitrogen and oxygen atoms in total. The number of hydrogen-bond donors (Lipinski definition) is 1. The monoisotopic (exact) mass is 362 g/mol. The molecule has 3 heterocycles. The Morgan fingerprint density at radius 3 is 2.76 bits per heavy atom. The molecule has 134 valence electrons. The third-order valence-corrected chi connectivity index (χ3v) is 6.58. The van der Waals surface area contributed by atoms with Crippen molar-refractivity contribution < 1.29 is 24.4 Å². The lowest BCUT2D eigenvalue weighted by molar-refractivity contribution is -0.684. The Bertz CT molecular complexity index is 774. The van der Waals surface area contributed by atoms with Crippen LogP contribution in [0.15, 0.2) is 28.8 Å². The van der Waals surface area contributed by atoms with Gasteiger partial charge >= 0.3 is 0 Å². The SMILES string of the molecule is Cc1cccc(CSC2=C(C(=O)[O-])N3C(=O)[C@H]([C@@H](C)O)[C@@H]3[C@H]2C)[n+]1C. The standard InChI is InChI=1S/C18H22N2O4S/c1-9-6-5-7-12(19(9)4)8-25-16-10(2)14-13(11(3)21)17(22)20(14)15(16)18(23)24/h5-7,10-11,13-14,21H,8H2,1-4H3/t10-,11-,13-,14+/m1/s1. The van der Waals surface area contributed by atoms with E-state index in [-0.39, 0.29) is 23.6 Å². The topological polar surface area (TPSA) is 84.5 Å². The fourth-order valence-electron chi connectivity index (χ4n) is 3.75. The van der Waals surface area contributed by atoms with E-state index >= 15 is 0 Å². The van der Waals surface area contributed by atoms with E-state index < -0.39 is 18.0 Å². The summed E-state index contributed by atoms with van der Waals surface area (Å²) in [5.41, 5.74) is 2.15. The normalized spacial score (nSPS) is 26.5. The van der Waals surface area contributed by atoms with Crippen molar-refractivity contribution in [2.75, 3.05) is 0 Å². The number of pyridine rings is 1. The van der Waals surface area contributed by atoms with Gasteiger partial charge in [-0.3, -0.25) is 4.79 Å². The molecule has 2 aliphatic rings. The van der Waals surface area contributed by atoms with Crippen molar-refractivity contribution in [3.05, 3.63) is 40.2 Å². The average molecular weight is 362 g/mol. The molecule has 1 N–H and O–H groups in total. The second-order valence-electron chi connectivity index (χ2n) is 6.76. The maximum atomic E-state index is 12.3. The number of carboxylic acids is 1. The van der Waals surface area contributed by atoms with Gasteiger partial charge in [0.2, 0.25) is 5.91 Å². The minimum absolute atomic E-state index is 0.0280. The molecule has 3 rings (SSSR count). The number of hydrogen-bond acceptors (Lipinski definition) is 5. The molecule has 0 saturated carbocycles. The molecule has 0 radical (unpaired) electrons. The van der Waals surface area contributed by atoms with Crippen LogP contribution in [0.25, 0.3) is 0 Å². The predicted octanol–water partition coefficient (Wildman–Crippen LogP) is -0.128.